The molecule has 0 aromatic heterocycles. The standard InChI is InChI=1S/C13H14ClNO5/c1-3-19-13(18)15-12(17)7-20-11-5-4-9(14)6-10(11)8(2)16/h4-6H,3,7H2,1-2H3,(H,15,17,18). The monoisotopic (exact) mass is 299 g/mol. The number of benzene rings is 1. The maximum absolute atomic E-state index is 11.4. The summed E-state index contributed by atoms with van der Waals surface area (Å²) in [5.41, 5.74) is 0.265. The molecule has 0 radical (unpaired) electrons. The molecule has 0 saturated carbocycles. The first-order valence-corrected chi connectivity index (χ1v) is 6.21. The van der Waals surface area contributed by atoms with E-state index in [1.807, 2.05) is 5.32 Å². The fraction of sp³-hybridized carbons (Fsp3) is 0.308. The molecule has 2 amide bonds. The van der Waals surface area contributed by atoms with Crippen LogP contribution in [0.15, 0.2) is 18.2 Å². The first-order valence-electron chi connectivity index (χ1n) is 5.84. The number of carbonyl (C=O) groups excluding carboxylic acids is 3. The van der Waals surface area contributed by atoms with E-state index in [0.29, 0.717) is 5.02 Å². The third-order valence-electron chi connectivity index (χ3n) is 2.20. The van der Waals surface area contributed by atoms with Crippen molar-refractivity contribution in [3.63, 3.8) is 0 Å². The molecule has 1 aromatic rings. The highest BCUT2D eigenvalue weighted by Crippen LogP contribution is 2.23. The predicted octanol–water partition coefficient (Wildman–Crippen LogP) is 2.19. The van der Waals surface area contributed by atoms with Crippen LogP contribution in [0.25, 0.3) is 0 Å². The van der Waals surface area contributed by atoms with Crippen LogP contribution in [0, 0.1) is 0 Å². The molecule has 0 aliphatic heterocycles. The molecule has 0 saturated heterocycles. The van der Waals surface area contributed by atoms with Gasteiger partial charge in [0.2, 0.25) is 0 Å². The highest BCUT2D eigenvalue weighted by molar-refractivity contribution is 6.31. The number of rotatable bonds is 5. The lowest BCUT2D eigenvalue weighted by molar-refractivity contribution is -0.122. The normalized spacial score (nSPS) is 9.75. The van der Waals surface area contributed by atoms with Gasteiger partial charge in [-0.15, -0.1) is 0 Å². The van der Waals surface area contributed by atoms with Crippen LogP contribution in [-0.4, -0.2) is 31.0 Å². The lowest BCUT2D eigenvalue weighted by Crippen LogP contribution is -2.34. The quantitative estimate of drug-likeness (QED) is 0.843. The minimum atomic E-state index is -0.844. The van der Waals surface area contributed by atoms with E-state index in [9.17, 15) is 14.4 Å². The summed E-state index contributed by atoms with van der Waals surface area (Å²) in [6, 6.07) is 4.46. The molecule has 0 fully saturated rings. The van der Waals surface area contributed by atoms with Crippen molar-refractivity contribution in [1.82, 2.24) is 5.32 Å². The summed E-state index contributed by atoms with van der Waals surface area (Å²) in [5.74, 6) is -0.692. The summed E-state index contributed by atoms with van der Waals surface area (Å²) in [5, 5.41) is 2.36. The average Bonchev–Trinajstić information content (AvgIpc) is 2.37. The number of amides is 2. The number of hydrogen-bond donors (Lipinski definition) is 1. The Balaban J connectivity index is 2.64. The molecular formula is C13H14ClNO5. The number of ether oxygens (including phenoxy) is 2. The Morgan fingerprint density at radius 3 is 2.60 bits per heavy atom. The molecule has 108 valence electrons. The van der Waals surface area contributed by atoms with Gasteiger partial charge >= 0.3 is 6.09 Å². The Bertz CT molecular complexity index is 529. The molecule has 0 aliphatic carbocycles. The molecule has 0 atom stereocenters. The van der Waals surface area contributed by atoms with Crippen molar-refractivity contribution in [1.29, 1.82) is 0 Å². The van der Waals surface area contributed by atoms with Crippen LogP contribution in [-0.2, 0) is 9.53 Å². The number of Topliss-reactive ketones (excluding diaryl/α,β-unsaturated/α-hetero) is 1. The zero-order chi connectivity index (χ0) is 15.1. The number of halogens is 1. The highest BCUT2D eigenvalue weighted by Gasteiger charge is 2.13. The summed E-state index contributed by atoms with van der Waals surface area (Å²) in [4.78, 5) is 33.8. The summed E-state index contributed by atoms with van der Waals surface area (Å²) in [6.07, 6.45) is -0.844. The largest absolute Gasteiger partial charge is 0.483 e. The second kappa shape index (κ2) is 7.49. The van der Waals surface area contributed by atoms with Gasteiger partial charge in [0.05, 0.1) is 12.2 Å². The SMILES string of the molecule is CCOC(=O)NC(=O)COc1ccc(Cl)cc1C(C)=O. The van der Waals surface area contributed by atoms with Crippen LogP contribution in [0.4, 0.5) is 4.79 Å². The summed E-state index contributed by atoms with van der Waals surface area (Å²) >= 11 is 5.78. The topological polar surface area (TPSA) is 81.7 Å². The zero-order valence-electron chi connectivity index (χ0n) is 11.1. The van der Waals surface area contributed by atoms with Crippen LogP contribution in [0.1, 0.15) is 24.2 Å². The van der Waals surface area contributed by atoms with Crippen LogP contribution >= 0.6 is 11.6 Å². The van der Waals surface area contributed by atoms with Crippen LogP contribution < -0.4 is 10.1 Å². The first-order chi connectivity index (χ1) is 9.43. The maximum Gasteiger partial charge on any atom is 0.413 e. The Morgan fingerprint density at radius 1 is 1.30 bits per heavy atom. The zero-order valence-corrected chi connectivity index (χ0v) is 11.8. The second-order valence-corrected chi connectivity index (χ2v) is 4.19. The Morgan fingerprint density at radius 2 is 2.00 bits per heavy atom. The lowest BCUT2D eigenvalue weighted by atomic mass is 10.1. The van der Waals surface area contributed by atoms with Gasteiger partial charge in [-0.1, -0.05) is 11.6 Å². The Labute approximate surface area is 121 Å². The van der Waals surface area contributed by atoms with Crippen molar-refractivity contribution in [3.05, 3.63) is 28.8 Å². The summed E-state index contributed by atoms with van der Waals surface area (Å²) in [7, 11) is 0. The molecule has 6 nitrogen and oxygen atoms in total. The van der Waals surface area contributed by atoms with Gasteiger partial charge in [0.25, 0.3) is 5.91 Å². The predicted molar refractivity (Wildman–Crippen MR) is 72.1 cm³/mol. The van der Waals surface area contributed by atoms with Gasteiger partial charge in [-0.3, -0.25) is 14.9 Å². The molecule has 0 spiro atoms. The van der Waals surface area contributed by atoms with E-state index in [4.69, 9.17) is 16.3 Å². The Kier molecular flexibility index (Phi) is 5.99. The average molecular weight is 300 g/mol. The third kappa shape index (κ3) is 4.89. The number of ketones is 1. The minimum absolute atomic E-state index is 0.158. The van der Waals surface area contributed by atoms with Gasteiger partial charge in [-0.25, -0.2) is 4.79 Å². The van der Waals surface area contributed by atoms with E-state index >= 15 is 0 Å². The van der Waals surface area contributed by atoms with Crippen LogP contribution in [0.2, 0.25) is 5.02 Å². The molecule has 0 heterocycles. The van der Waals surface area contributed by atoms with Crippen molar-refractivity contribution in [3.8, 4) is 5.75 Å². The van der Waals surface area contributed by atoms with Gasteiger partial charge in [0.1, 0.15) is 5.75 Å². The van der Waals surface area contributed by atoms with E-state index in [0.717, 1.165) is 0 Å². The van der Waals surface area contributed by atoms with Gasteiger partial charge in [-0.2, -0.15) is 0 Å². The molecule has 1 rings (SSSR count). The molecule has 0 unspecified atom stereocenters. The van der Waals surface area contributed by atoms with Crippen molar-refractivity contribution in [2.24, 2.45) is 0 Å². The number of imide groups is 1. The van der Waals surface area contributed by atoms with Crippen LogP contribution in [0.5, 0.6) is 5.75 Å². The fourth-order valence-corrected chi connectivity index (χ4v) is 1.54. The van der Waals surface area contributed by atoms with E-state index in [1.54, 1.807) is 6.92 Å². The number of nitrogens with one attached hydrogen (secondary N) is 1. The summed E-state index contributed by atoms with van der Waals surface area (Å²) in [6.45, 7) is 2.72. The van der Waals surface area contributed by atoms with Gasteiger partial charge in [-0.05, 0) is 32.0 Å². The second-order valence-electron chi connectivity index (χ2n) is 3.75. The van der Waals surface area contributed by atoms with E-state index in [2.05, 4.69) is 4.74 Å². The number of alkyl carbamates (subject to hydrolysis) is 1. The third-order valence-corrected chi connectivity index (χ3v) is 2.43. The molecule has 20 heavy (non-hydrogen) atoms. The van der Waals surface area contributed by atoms with Crippen molar-refractivity contribution >= 4 is 29.4 Å². The smallest absolute Gasteiger partial charge is 0.413 e. The van der Waals surface area contributed by atoms with Gasteiger partial charge in [0.15, 0.2) is 12.4 Å². The maximum atomic E-state index is 11.4. The fourth-order valence-electron chi connectivity index (χ4n) is 1.36. The van der Waals surface area contributed by atoms with Crippen molar-refractivity contribution in [2.75, 3.05) is 13.2 Å². The highest BCUT2D eigenvalue weighted by atomic mass is 35.5. The molecule has 1 aromatic carbocycles. The lowest BCUT2D eigenvalue weighted by Gasteiger charge is -2.10. The molecule has 0 aliphatic rings. The number of hydrogen-bond acceptors (Lipinski definition) is 5. The minimum Gasteiger partial charge on any atom is -0.483 e. The first kappa shape index (κ1) is 16.0. The molecule has 1 N–H and O–H groups in total. The van der Waals surface area contributed by atoms with Gasteiger partial charge < -0.3 is 9.47 Å². The van der Waals surface area contributed by atoms with E-state index < -0.39 is 18.6 Å². The molecule has 0 bridgehead atoms. The van der Waals surface area contributed by atoms with Crippen molar-refractivity contribution < 1.29 is 23.9 Å². The van der Waals surface area contributed by atoms with Gasteiger partial charge in [0, 0.05) is 5.02 Å². The summed E-state index contributed by atoms with van der Waals surface area (Å²) < 4.78 is 9.74. The van der Waals surface area contributed by atoms with E-state index in [1.165, 1.54) is 25.1 Å². The van der Waals surface area contributed by atoms with Crippen molar-refractivity contribution in [2.45, 2.75) is 13.8 Å². The van der Waals surface area contributed by atoms with Crippen LogP contribution in [0.3, 0.4) is 0 Å². The molecular weight excluding hydrogens is 286 g/mol. The number of carbonyl (C=O) groups is 3. The molecule has 7 heteroatoms. The van der Waals surface area contributed by atoms with E-state index in [-0.39, 0.29) is 23.7 Å². The Hall–Kier alpha value is -2.08.